The number of carbonyl (C=O) groups is 2. The second kappa shape index (κ2) is 7.89. The summed E-state index contributed by atoms with van der Waals surface area (Å²) in [5.41, 5.74) is 4.40. The van der Waals surface area contributed by atoms with Crippen LogP contribution in [0.5, 0.6) is 0 Å². The molecule has 0 radical (unpaired) electrons. The van der Waals surface area contributed by atoms with Crippen LogP contribution in [0.15, 0.2) is 78.9 Å². The Hall–Kier alpha value is -3.44. The molecule has 29 heavy (non-hydrogen) atoms. The Bertz CT molecular complexity index is 1000. The fourth-order valence-corrected chi connectivity index (χ4v) is 3.98. The molecule has 1 aliphatic carbocycles. The van der Waals surface area contributed by atoms with Crippen LogP contribution in [0.2, 0.25) is 0 Å². The normalized spacial score (nSPS) is 14.4. The summed E-state index contributed by atoms with van der Waals surface area (Å²) < 4.78 is 5.01. The average molecular weight is 387 g/mol. The van der Waals surface area contributed by atoms with Crippen molar-refractivity contribution in [1.82, 2.24) is 5.32 Å². The monoisotopic (exact) mass is 387 g/mol. The minimum atomic E-state index is -1.38. The fraction of sp³-hybridized carbons (Fsp3) is 0.167. The Kier molecular flexibility index (Phi) is 5.14. The third kappa shape index (κ3) is 3.41. The lowest BCUT2D eigenvalue weighted by Gasteiger charge is -2.25. The first-order valence-corrected chi connectivity index (χ1v) is 9.41. The third-order valence-corrected chi connectivity index (χ3v) is 5.33. The predicted octanol–water partition coefficient (Wildman–Crippen LogP) is 3.19. The van der Waals surface area contributed by atoms with Gasteiger partial charge in [-0.25, -0.2) is 4.79 Å². The number of hydrogen-bond acceptors (Lipinski definition) is 4. The Morgan fingerprint density at radius 3 is 1.93 bits per heavy atom. The van der Waals surface area contributed by atoms with E-state index in [1.165, 1.54) is 7.11 Å². The van der Waals surface area contributed by atoms with E-state index in [9.17, 15) is 14.7 Å². The highest BCUT2D eigenvalue weighted by atomic mass is 16.5. The Labute approximate surface area is 169 Å². The summed E-state index contributed by atoms with van der Waals surface area (Å²) in [6, 6.07) is 23.3. The Balaban J connectivity index is 1.71. The molecule has 0 spiro atoms. The molecule has 4 rings (SSSR count). The van der Waals surface area contributed by atoms with E-state index in [2.05, 4.69) is 5.32 Å². The molecule has 0 saturated heterocycles. The van der Waals surface area contributed by atoms with Crippen LogP contribution in [0.25, 0.3) is 11.1 Å². The van der Waals surface area contributed by atoms with E-state index >= 15 is 0 Å². The van der Waals surface area contributed by atoms with Gasteiger partial charge in [0.2, 0.25) is 0 Å². The van der Waals surface area contributed by atoms with Crippen LogP contribution in [0.1, 0.15) is 28.7 Å². The summed E-state index contributed by atoms with van der Waals surface area (Å²) in [4.78, 5) is 25.5. The molecule has 5 heteroatoms. The van der Waals surface area contributed by atoms with Crippen molar-refractivity contribution in [2.24, 2.45) is 0 Å². The number of carbonyl (C=O) groups excluding carboxylic acids is 2. The molecular formula is C24H21NO4. The van der Waals surface area contributed by atoms with E-state index in [4.69, 9.17) is 4.74 Å². The van der Waals surface area contributed by atoms with Gasteiger partial charge in [-0.15, -0.1) is 0 Å². The summed E-state index contributed by atoms with van der Waals surface area (Å²) in [7, 11) is 1.29. The van der Waals surface area contributed by atoms with Crippen molar-refractivity contribution in [3.8, 4) is 11.1 Å². The van der Waals surface area contributed by atoms with Gasteiger partial charge in [0.1, 0.15) is 6.04 Å². The molecule has 1 aliphatic rings. The maximum Gasteiger partial charge on any atom is 0.329 e. The zero-order valence-corrected chi connectivity index (χ0v) is 15.9. The molecular weight excluding hydrogens is 366 g/mol. The zero-order chi connectivity index (χ0) is 20.4. The topological polar surface area (TPSA) is 75.6 Å². The van der Waals surface area contributed by atoms with E-state index in [0.29, 0.717) is 5.56 Å². The summed E-state index contributed by atoms with van der Waals surface area (Å²) in [5, 5.41) is 13.2. The van der Waals surface area contributed by atoms with Crippen LogP contribution in [-0.2, 0) is 14.3 Å². The number of methoxy groups -OCH3 is 1. The lowest BCUT2D eigenvalue weighted by Crippen LogP contribution is -2.47. The number of amides is 1. The predicted molar refractivity (Wildman–Crippen MR) is 109 cm³/mol. The van der Waals surface area contributed by atoms with Gasteiger partial charge in [0.25, 0.3) is 5.91 Å². The maximum atomic E-state index is 12.8. The molecule has 0 fully saturated rings. The molecule has 0 heterocycles. The number of aliphatic hydroxyl groups is 1. The van der Waals surface area contributed by atoms with Crippen molar-refractivity contribution in [2.45, 2.75) is 18.1 Å². The second-order valence-corrected chi connectivity index (χ2v) is 6.97. The van der Waals surface area contributed by atoms with Gasteiger partial charge in [-0.3, -0.25) is 4.79 Å². The number of fused-ring (bicyclic) bond motifs is 3. The molecule has 0 aromatic heterocycles. The van der Waals surface area contributed by atoms with Crippen molar-refractivity contribution in [1.29, 1.82) is 0 Å². The molecule has 5 nitrogen and oxygen atoms in total. The number of benzene rings is 3. The van der Waals surface area contributed by atoms with Crippen molar-refractivity contribution >= 4 is 11.9 Å². The molecule has 2 atom stereocenters. The highest BCUT2D eigenvalue weighted by molar-refractivity contribution is 5.91. The van der Waals surface area contributed by atoms with Crippen LogP contribution >= 0.6 is 0 Å². The number of rotatable bonds is 5. The number of nitrogens with one attached hydrogen (secondary N) is 1. The quantitative estimate of drug-likeness (QED) is 0.660. The first-order chi connectivity index (χ1) is 14.1. The smallest absolute Gasteiger partial charge is 0.329 e. The van der Waals surface area contributed by atoms with Gasteiger partial charge >= 0.3 is 5.97 Å². The molecule has 0 unspecified atom stereocenters. The fourth-order valence-electron chi connectivity index (χ4n) is 3.98. The second-order valence-electron chi connectivity index (χ2n) is 6.97. The summed E-state index contributed by atoms with van der Waals surface area (Å²) in [6.07, 6.45) is -1.38. The zero-order valence-electron chi connectivity index (χ0n) is 15.9. The van der Waals surface area contributed by atoms with Crippen molar-refractivity contribution in [3.05, 3.63) is 95.6 Å². The van der Waals surface area contributed by atoms with Gasteiger partial charge in [0.15, 0.2) is 6.10 Å². The minimum absolute atomic E-state index is 0.401. The van der Waals surface area contributed by atoms with E-state index in [1.54, 1.807) is 30.3 Å². The Morgan fingerprint density at radius 2 is 1.38 bits per heavy atom. The average Bonchev–Trinajstić information content (AvgIpc) is 3.11. The van der Waals surface area contributed by atoms with Crippen LogP contribution in [-0.4, -0.2) is 30.1 Å². The Morgan fingerprint density at radius 1 is 0.862 bits per heavy atom. The molecule has 146 valence electrons. The maximum absolute atomic E-state index is 12.8. The number of hydrogen-bond donors (Lipinski definition) is 2. The van der Waals surface area contributed by atoms with Crippen LogP contribution in [0.4, 0.5) is 0 Å². The minimum Gasteiger partial charge on any atom is -0.467 e. The van der Waals surface area contributed by atoms with E-state index in [-0.39, 0.29) is 0 Å². The first kappa shape index (κ1) is 18.9. The highest BCUT2D eigenvalue weighted by Gasteiger charge is 2.40. The summed E-state index contributed by atoms with van der Waals surface area (Å²) >= 11 is 0. The molecule has 2 N–H and O–H groups in total. The van der Waals surface area contributed by atoms with Crippen LogP contribution in [0, 0.1) is 0 Å². The number of aliphatic hydroxyl groups excluding tert-OH is 1. The van der Waals surface area contributed by atoms with Crippen LogP contribution in [0.3, 0.4) is 0 Å². The van der Waals surface area contributed by atoms with Gasteiger partial charge in [0, 0.05) is 5.92 Å². The van der Waals surface area contributed by atoms with E-state index in [0.717, 1.165) is 22.3 Å². The summed E-state index contributed by atoms with van der Waals surface area (Å²) in [6.45, 7) is 0. The van der Waals surface area contributed by atoms with Gasteiger partial charge in [-0.05, 0) is 27.8 Å². The lowest BCUT2D eigenvalue weighted by molar-refractivity contribution is -0.146. The van der Waals surface area contributed by atoms with Gasteiger partial charge in [0.05, 0.1) is 7.11 Å². The number of esters is 1. The molecule has 0 saturated carbocycles. The van der Waals surface area contributed by atoms with Crippen molar-refractivity contribution in [3.63, 3.8) is 0 Å². The first-order valence-electron chi connectivity index (χ1n) is 9.41. The third-order valence-electron chi connectivity index (χ3n) is 5.33. The molecule has 3 aromatic carbocycles. The van der Waals surface area contributed by atoms with E-state index in [1.807, 2.05) is 48.5 Å². The van der Waals surface area contributed by atoms with Gasteiger partial charge in [-0.1, -0.05) is 78.9 Å². The van der Waals surface area contributed by atoms with Crippen molar-refractivity contribution < 1.29 is 19.4 Å². The molecule has 3 aromatic rings. The standard InChI is InChI=1S/C24H21NO4/c1-29-24(28)21(25-23(27)22(26)15-9-3-2-4-10-15)20-18-13-7-5-11-16(18)17-12-6-8-14-19(17)20/h2-14,20-22,26H,1H3,(H,25,27)/t21-,22-/m0/s1. The van der Waals surface area contributed by atoms with Crippen molar-refractivity contribution in [2.75, 3.05) is 7.11 Å². The van der Waals surface area contributed by atoms with E-state index < -0.39 is 29.9 Å². The van der Waals surface area contributed by atoms with Crippen LogP contribution < -0.4 is 5.32 Å². The van der Waals surface area contributed by atoms with Gasteiger partial charge < -0.3 is 15.2 Å². The molecule has 1 amide bonds. The molecule has 0 aliphatic heterocycles. The summed E-state index contributed by atoms with van der Waals surface area (Å²) in [5.74, 6) is -1.61. The SMILES string of the molecule is COC(=O)[C@@H](NC(=O)[C@@H](O)c1ccccc1)C1c2ccccc2-c2ccccc21. The lowest BCUT2D eigenvalue weighted by atomic mass is 9.89. The number of ether oxygens (including phenoxy) is 1. The largest absolute Gasteiger partial charge is 0.467 e. The van der Waals surface area contributed by atoms with Gasteiger partial charge in [-0.2, -0.15) is 0 Å². The highest BCUT2D eigenvalue weighted by Crippen LogP contribution is 2.46. The molecule has 0 bridgehead atoms.